The molecule has 0 bridgehead atoms. The summed E-state index contributed by atoms with van der Waals surface area (Å²) < 4.78 is 2.14. The number of nitrogens with zero attached hydrogens (tertiary/aromatic N) is 5. The maximum absolute atomic E-state index is 4.55. The highest BCUT2D eigenvalue weighted by Gasteiger charge is 2.35. The first-order chi connectivity index (χ1) is 13.4. The van der Waals surface area contributed by atoms with Crippen LogP contribution in [0, 0.1) is 0 Å². The molecular weight excluding hydrogens is 356 g/mol. The van der Waals surface area contributed by atoms with E-state index in [-0.39, 0.29) is 6.04 Å². The van der Waals surface area contributed by atoms with Crippen molar-refractivity contribution in [3.63, 3.8) is 0 Å². The fraction of sp³-hybridized carbons (Fsp3) is 0.500. The zero-order chi connectivity index (χ0) is 18.1. The molecule has 3 heterocycles. The lowest BCUT2D eigenvalue weighted by molar-refractivity contribution is -0.922. The summed E-state index contributed by atoms with van der Waals surface area (Å²) in [4.78, 5) is 6.06. The van der Waals surface area contributed by atoms with E-state index in [1.807, 2.05) is 12.3 Å². The van der Waals surface area contributed by atoms with Crippen LogP contribution in [0.5, 0.6) is 0 Å². The quantitative estimate of drug-likeness (QED) is 0.750. The van der Waals surface area contributed by atoms with E-state index in [0.29, 0.717) is 6.04 Å². The summed E-state index contributed by atoms with van der Waals surface area (Å²) in [5.41, 5.74) is 2.34. The second-order valence-electron chi connectivity index (χ2n) is 7.58. The standard InChI is InChI=1S/C20H24N6S/c1-2-6-17(5-1)26-20(22-23-24-26)19(25-10-12-27-13-11-25)16-7-8-18-15(14-16)4-3-9-21-18/h3-4,7-9,14,17,19H,1-2,5-6,10-13H2/p+1/t19-/m1/s1. The van der Waals surface area contributed by atoms with E-state index in [0.717, 1.165) is 24.4 Å². The fourth-order valence-electron chi connectivity index (χ4n) is 4.56. The van der Waals surface area contributed by atoms with Crippen LogP contribution in [0.1, 0.15) is 49.2 Å². The van der Waals surface area contributed by atoms with Gasteiger partial charge in [0.25, 0.3) is 0 Å². The lowest BCUT2D eigenvalue weighted by Crippen LogP contribution is -3.14. The molecule has 0 unspecified atom stereocenters. The molecule has 6 nitrogen and oxygen atoms in total. The highest BCUT2D eigenvalue weighted by molar-refractivity contribution is 7.99. The SMILES string of the molecule is c1cnc2ccc([C@H](c3nnnn3C3CCCC3)[NH+]3CCSCC3)cc2c1. The Bertz CT molecular complexity index is 913. The summed E-state index contributed by atoms with van der Waals surface area (Å²) in [6.45, 7) is 2.30. The number of pyridine rings is 1. The second kappa shape index (κ2) is 7.56. The van der Waals surface area contributed by atoms with Crippen LogP contribution in [-0.2, 0) is 0 Å². The number of rotatable bonds is 4. The van der Waals surface area contributed by atoms with Crippen LogP contribution in [0.15, 0.2) is 36.5 Å². The molecule has 27 heavy (non-hydrogen) atoms. The van der Waals surface area contributed by atoms with E-state index < -0.39 is 0 Å². The van der Waals surface area contributed by atoms with Gasteiger partial charge < -0.3 is 4.90 Å². The van der Waals surface area contributed by atoms with Crippen LogP contribution in [-0.4, -0.2) is 49.8 Å². The van der Waals surface area contributed by atoms with Crippen molar-refractivity contribution >= 4 is 22.7 Å². The first-order valence-electron chi connectivity index (χ1n) is 9.95. The van der Waals surface area contributed by atoms with Crippen molar-refractivity contribution in [1.82, 2.24) is 25.2 Å². The average Bonchev–Trinajstić information content (AvgIpc) is 3.41. The molecule has 1 aromatic carbocycles. The maximum Gasteiger partial charge on any atom is 0.214 e. The summed E-state index contributed by atoms with van der Waals surface area (Å²) in [6, 6.07) is 11.4. The minimum atomic E-state index is 0.186. The van der Waals surface area contributed by atoms with E-state index in [2.05, 4.69) is 61.2 Å². The van der Waals surface area contributed by atoms with Crippen molar-refractivity contribution in [2.24, 2.45) is 0 Å². The molecule has 1 aliphatic heterocycles. The number of hydrogen-bond donors (Lipinski definition) is 1. The molecule has 1 atom stereocenters. The highest BCUT2D eigenvalue weighted by atomic mass is 32.2. The number of fused-ring (bicyclic) bond motifs is 1. The molecule has 2 fully saturated rings. The van der Waals surface area contributed by atoms with Gasteiger partial charge in [-0.25, -0.2) is 4.68 Å². The zero-order valence-electron chi connectivity index (χ0n) is 15.4. The number of nitrogens with one attached hydrogen (secondary N) is 1. The molecule has 7 heteroatoms. The van der Waals surface area contributed by atoms with Crippen LogP contribution in [0.4, 0.5) is 0 Å². The molecule has 0 radical (unpaired) electrons. The van der Waals surface area contributed by atoms with Crippen molar-refractivity contribution < 1.29 is 4.90 Å². The van der Waals surface area contributed by atoms with Crippen molar-refractivity contribution in [3.8, 4) is 0 Å². The third-order valence-electron chi connectivity index (χ3n) is 5.95. The van der Waals surface area contributed by atoms with Crippen LogP contribution in [0.2, 0.25) is 0 Å². The van der Waals surface area contributed by atoms with Crippen LogP contribution < -0.4 is 4.90 Å². The Labute approximate surface area is 163 Å². The van der Waals surface area contributed by atoms with Gasteiger partial charge in [0, 0.05) is 28.7 Å². The fourth-order valence-corrected chi connectivity index (χ4v) is 5.58. The van der Waals surface area contributed by atoms with Gasteiger partial charge in [0.05, 0.1) is 24.6 Å². The Hall–Kier alpha value is -1.99. The molecule has 1 saturated heterocycles. The molecule has 2 aliphatic rings. The van der Waals surface area contributed by atoms with E-state index in [4.69, 9.17) is 0 Å². The molecule has 140 valence electrons. The number of thioether (sulfide) groups is 1. The number of hydrogen-bond acceptors (Lipinski definition) is 5. The van der Waals surface area contributed by atoms with Gasteiger partial charge in [0.1, 0.15) is 0 Å². The molecule has 2 aromatic heterocycles. The highest BCUT2D eigenvalue weighted by Crippen LogP contribution is 2.31. The van der Waals surface area contributed by atoms with Gasteiger partial charge in [0.15, 0.2) is 6.04 Å². The molecule has 5 rings (SSSR count). The monoisotopic (exact) mass is 381 g/mol. The van der Waals surface area contributed by atoms with Crippen LogP contribution >= 0.6 is 11.8 Å². The molecule has 1 saturated carbocycles. The Morgan fingerprint density at radius 2 is 1.96 bits per heavy atom. The van der Waals surface area contributed by atoms with E-state index in [1.54, 1.807) is 4.90 Å². The third-order valence-corrected chi connectivity index (χ3v) is 6.94. The number of tetrazole rings is 1. The van der Waals surface area contributed by atoms with Gasteiger partial charge in [-0.2, -0.15) is 11.8 Å². The lowest BCUT2D eigenvalue weighted by atomic mass is 10.0. The molecule has 0 spiro atoms. The van der Waals surface area contributed by atoms with E-state index in [1.165, 1.54) is 48.1 Å². The molecular formula is C20H25N6S+. The topological polar surface area (TPSA) is 60.9 Å². The lowest BCUT2D eigenvalue weighted by Gasteiger charge is -2.31. The minimum absolute atomic E-state index is 0.186. The first-order valence-corrected chi connectivity index (χ1v) is 11.1. The van der Waals surface area contributed by atoms with Crippen molar-refractivity contribution in [2.75, 3.05) is 24.6 Å². The third kappa shape index (κ3) is 3.34. The average molecular weight is 382 g/mol. The summed E-state index contributed by atoms with van der Waals surface area (Å²) in [7, 11) is 0. The van der Waals surface area contributed by atoms with Gasteiger partial charge in [-0.05, 0) is 41.5 Å². The van der Waals surface area contributed by atoms with Crippen molar-refractivity contribution in [1.29, 1.82) is 0 Å². The number of aromatic nitrogens is 5. The molecule has 3 aromatic rings. The number of benzene rings is 1. The Balaban J connectivity index is 1.59. The molecule has 1 N–H and O–H groups in total. The summed E-state index contributed by atoms with van der Waals surface area (Å²) in [6.07, 6.45) is 6.80. The first kappa shape index (κ1) is 17.1. The van der Waals surface area contributed by atoms with Gasteiger partial charge in [0.2, 0.25) is 5.82 Å². The molecule has 0 amide bonds. The zero-order valence-corrected chi connectivity index (χ0v) is 16.2. The number of quaternary nitrogens is 1. The predicted molar refractivity (Wildman–Crippen MR) is 107 cm³/mol. The normalized spacial score (nSPS) is 20.3. The Kier molecular flexibility index (Phi) is 4.80. The second-order valence-corrected chi connectivity index (χ2v) is 8.80. The maximum atomic E-state index is 4.55. The van der Waals surface area contributed by atoms with Gasteiger partial charge in [-0.3, -0.25) is 4.98 Å². The molecule has 1 aliphatic carbocycles. The van der Waals surface area contributed by atoms with Crippen molar-refractivity contribution in [2.45, 2.75) is 37.8 Å². The summed E-state index contributed by atoms with van der Waals surface area (Å²) in [5.74, 6) is 3.44. The Morgan fingerprint density at radius 1 is 1.11 bits per heavy atom. The minimum Gasteiger partial charge on any atom is -0.321 e. The van der Waals surface area contributed by atoms with E-state index in [9.17, 15) is 0 Å². The summed E-state index contributed by atoms with van der Waals surface area (Å²) in [5, 5.41) is 14.3. The van der Waals surface area contributed by atoms with Crippen molar-refractivity contribution in [3.05, 3.63) is 47.9 Å². The van der Waals surface area contributed by atoms with Gasteiger partial charge >= 0.3 is 0 Å². The smallest absolute Gasteiger partial charge is 0.214 e. The summed E-state index contributed by atoms with van der Waals surface area (Å²) >= 11 is 2.05. The van der Waals surface area contributed by atoms with Gasteiger partial charge in [-0.1, -0.05) is 25.0 Å². The predicted octanol–water partition coefficient (Wildman–Crippen LogP) is 2.06. The Morgan fingerprint density at radius 3 is 2.81 bits per heavy atom. The van der Waals surface area contributed by atoms with Crippen LogP contribution in [0.25, 0.3) is 10.9 Å². The van der Waals surface area contributed by atoms with Gasteiger partial charge in [-0.15, -0.1) is 5.10 Å². The largest absolute Gasteiger partial charge is 0.321 e. The van der Waals surface area contributed by atoms with E-state index >= 15 is 0 Å². The van der Waals surface area contributed by atoms with Crippen LogP contribution in [0.3, 0.4) is 0 Å².